The van der Waals surface area contributed by atoms with Crippen molar-refractivity contribution in [1.82, 2.24) is 25.5 Å². The molecule has 1 aliphatic heterocycles. The quantitative estimate of drug-likeness (QED) is 0.792. The van der Waals surface area contributed by atoms with Crippen LogP contribution in [0.2, 0.25) is 0 Å². The fraction of sp³-hybridized carbons (Fsp3) is 0.429. The Bertz CT molecular complexity index is 817. The molecule has 148 valence electrons. The lowest BCUT2D eigenvalue weighted by Gasteiger charge is -2.28. The molecule has 28 heavy (non-hydrogen) atoms. The molecule has 0 bridgehead atoms. The summed E-state index contributed by atoms with van der Waals surface area (Å²) in [7, 11) is 3.66. The molecular formula is C21H27N5O2. The summed E-state index contributed by atoms with van der Waals surface area (Å²) < 4.78 is 0. The zero-order valence-corrected chi connectivity index (χ0v) is 16.4. The predicted octanol–water partition coefficient (Wildman–Crippen LogP) is 1.50. The lowest BCUT2D eigenvalue weighted by Crippen LogP contribution is -2.39. The molecular weight excluding hydrogens is 354 g/mol. The van der Waals surface area contributed by atoms with E-state index in [2.05, 4.69) is 32.5 Å². The van der Waals surface area contributed by atoms with Gasteiger partial charge in [-0.15, -0.1) is 0 Å². The molecule has 0 saturated carbocycles. The smallest absolute Gasteiger partial charge is 0.254 e. The first kappa shape index (κ1) is 19.9. The number of rotatable bonds is 6. The maximum atomic E-state index is 12.4. The number of carbonyl (C=O) groups excluding carboxylic acids is 2. The molecule has 0 aliphatic carbocycles. The normalized spacial score (nSPS) is 15.2. The summed E-state index contributed by atoms with van der Waals surface area (Å²) in [6, 6.07) is 9.64. The first-order valence-corrected chi connectivity index (χ1v) is 9.68. The van der Waals surface area contributed by atoms with E-state index in [1.54, 1.807) is 13.2 Å². The van der Waals surface area contributed by atoms with Crippen molar-refractivity contribution in [2.24, 2.45) is 5.92 Å². The van der Waals surface area contributed by atoms with Crippen molar-refractivity contribution in [1.29, 1.82) is 0 Å². The average molecular weight is 381 g/mol. The molecule has 1 aromatic carbocycles. The number of aromatic nitrogens is 2. The van der Waals surface area contributed by atoms with Crippen LogP contribution in [0.4, 0.5) is 0 Å². The summed E-state index contributed by atoms with van der Waals surface area (Å²) in [6.45, 7) is 2.34. The van der Waals surface area contributed by atoms with E-state index in [1.165, 1.54) is 0 Å². The lowest BCUT2D eigenvalue weighted by molar-refractivity contribution is -0.126. The van der Waals surface area contributed by atoms with Crippen LogP contribution in [0.25, 0.3) is 11.4 Å². The molecule has 1 aromatic heterocycles. The van der Waals surface area contributed by atoms with Gasteiger partial charge in [-0.2, -0.15) is 0 Å². The first-order valence-electron chi connectivity index (χ1n) is 9.68. The number of carbonyl (C=O) groups is 2. The highest BCUT2D eigenvalue weighted by molar-refractivity contribution is 5.95. The van der Waals surface area contributed by atoms with E-state index in [0.717, 1.165) is 31.5 Å². The first-order chi connectivity index (χ1) is 13.6. The summed E-state index contributed by atoms with van der Waals surface area (Å²) in [6.07, 6.45) is 3.81. The third-order valence-corrected chi connectivity index (χ3v) is 5.12. The SMILES string of the molecule is CNC(=O)c1cnc(-c2ccccc2)nc1CCNC(=O)C1CCN(C)CC1. The Labute approximate surface area is 165 Å². The molecule has 0 atom stereocenters. The van der Waals surface area contributed by atoms with Gasteiger partial charge >= 0.3 is 0 Å². The van der Waals surface area contributed by atoms with Crippen LogP contribution in [0.5, 0.6) is 0 Å². The van der Waals surface area contributed by atoms with Crippen molar-refractivity contribution in [2.75, 3.05) is 33.7 Å². The van der Waals surface area contributed by atoms with Crippen molar-refractivity contribution in [3.05, 3.63) is 47.8 Å². The highest BCUT2D eigenvalue weighted by Gasteiger charge is 2.23. The van der Waals surface area contributed by atoms with E-state index < -0.39 is 0 Å². The average Bonchev–Trinajstić information content (AvgIpc) is 2.74. The molecule has 0 spiro atoms. The Morgan fingerprint density at radius 1 is 1.18 bits per heavy atom. The van der Waals surface area contributed by atoms with E-state index in [1.807, 2.05) is 30.3 Å². The topological polar surface area (TPSA) is 87.2 Å². The second-order valence-corrected chi connectivity index (χ2v) is 7.12. The molecule has 2 amide bonds. The molecule has 2 aromatic rings. The second kappa shape index (κ2) is 9.41. The molecule has 1 saturated heterocycles. The number of benzene rings is 1. The minimum absolute atomic E-state index is 0.0693. The Kier molecular flexibility index (Phi) is 6.71. The minimum atomic E-state index is -0.226. The van der Waals surface area contributed by atoms with Crippen LogP contribution in [0.15, 0.2) is 36.5 Å². The third kappa shape index (κ3) is 4.92. The predicted molar refractivity (Wildman–Crippen MR) is 108 cm³/mol. The molecule has 0 unspecified atom stereocenters. The summed E-state index contributed by atoms with van der Waals surface area (Å²) in [5.74, 6) is 0.507. The van der Waals surface area contributed by atoms with Crippen molar-refractivity contribution < 1.29 is 9.59 Å². The molecule has 0 radical (unpaired) electrons. The number of likely N-dealkylation sites (tertiary alicyclic amines) is 1. The highest BCUT2D eigenvalue weighted by atomic mass is 16.2. The van der Waals surface area contributed by atoms with Crippen molar-refractivity contribution >= 4 is 11.8 Å². The number of hydrogen-bond acceptors (Lipinski definition) is 5. The van der Waals surface area contributed by atoms with Gasteiger partial charge in [0.15, 0.2) is 5.82 Å². The molecule has 2 N–H and O–H groups in total. The number of piperidine rings is 1. The molecule has 1 aliphatic rings. The van der Waals surface area contributed by atoms with Crippen LogP contribution >= 0.6 is 0 Å². The lowest BCUT2D eigenvalue weighted by atomic mass is 9.96. The van der Waals surface area contributed by atoms with E-state index in [0.29, 0.717) is 30.0 Å². The number of amides is 2. The van der Waals surface area contributed by atoms with Crippen LogP contribution in [0, 0.1) is 5.92 Å². The van der Waals surface area contributed by atoms with Crippen molar-refractivity contribution in [3.8, 4) is 11.4 Å². The second-order valence-electron chi connectivity index (χ2n) is 7.12. The largest absolute Gasteiger partial charge is 0.355 e. The molecule has 1 fully saturated rings. The summed E-state index contributed by atoms with van der Waals surface area (Å²) in [5.41, 5.74) is 1.97. The zero-order chi connectivity index (χ0) is 19.9. The van der Waals surface area contributed by atoms with Gasteiger partial charge in [0.25, 0.3) is 5.91 Å². The maximum Gasteiger partial charge on any atom is 0.254 e. The number of nitrogens with one attached hydrogen (secondary N) is 2. The van der Waals surface area contributed by atoms with Crippen molar-refractivity contribution in [2.45, 2.75) is 19.3 Å². The monoisotopic (exact) mass is 381 g/mol. The van der Waals surface area contributed by atoms with Gasteiger partial charge in [-0.3, -0.25) is 9.59 Å². The van der Waals surface area contributed by atoms with Gasteiger partial charge in [0.05, 0.1) is 11.3 Å². The molecule has 7 nitrogen and oxygen atoms in total. The summed E-state index contributed by atoms with van der Waals surface area (Å²) in [4.78, 5) is 35.8. The number of hydrogen-bond donors (Lipinski definition) is 2. The maximum absolute atomic E-state index is 12.4. The highest BCUT2D eigenvalue weighted by Crippen LogP contribution is 2.18. The van der Waals surface area contributed by atoms with Crippen LogP contribution in [0.3, 0.4) is 0 Å². The van der Waals surface area contributed by atoms with Gasteiger partial charge in [-0.05, 0) is 33.0 Å². The van der Waals surface area contributed by atoms with Gasteiger partial charge in [0, 0.05) is 37.7 Å². The van der Waals surface area contributed by atoms with Crippen LogP contribution in [-0.2, 0) is 11.2 Å². The van der Waals surface area contributed by atoms with Crippen LogP contribution < -0.4 is 10.6 Å². The van der Waals surface area contributed by atoms with Gasteiger partial charge in [-0.25, -0.2) is 9.97 Å². The standard InChI is InChI=1S/C21H27N5O2/c1-22-21(28)17-14-24-19(15-6-4-3-5-7-15)25-18(17)8-11-23-20(27)16-9-12-26(2)13-10-16/h3-7,14,16H,8-13H2,1-2H3,(H,22,28)(H,23,27). The van der Waals surface area contributed by atoms with E-state index in [-0.39, 0.29) is 17.7 Å². The summed E-state index contributed by atoms with van der Waals surface area (Å²) >= 11 is 0. The van der Waals surface area contributed by atoms with E-state index in [4.69, 9.17) is 0 Å². The molecule has 3 rings (SSSR count). The Morgan fingerprint density at radius 2 is 1.89 bits per heavy atom. The fourth-order valence-corrected chi connectivity index (χ4v) is 3.38. The van der Waals surface area contributed by atoms with Gasteiger partial charge < -0.3 is 15.5 Å². The van der Waals surface area contributed by atoms with Crippen LogP contribution in [0.1, 0.15) is 28.9 Å². The van der Waals surface area contributed by atoms with E-state index >= 15 is 0 Å². The van der Waals surface area contributed by atoms with Crippen molar-refractivity contribution in [3.63, 3.8) is 0 Å². The third-order valence-electron chi connectivity index (χ3n) is 5.12. The zero-order valence-electron chi connectivity index (χ0n) is 16.4. The fourth-order valence-electron chi connectivity index (χ4n) is 3.38. The Balaban J connectivity index is 1.68. The number of nitrogens with zero attached hydrogens (tertiary/aromatic N) is 3. The van der Waals surface area contributed by atoms with Gasteiger partial charge in [0.2, 0.25) is 5.91 Å². The molecule has 2 heterocycles. The Hall–Kier alpha value is -2.80. The summed E-state index contributed by atoms with van der Waals surface area (Å²) in [5, 5.41) is 5.63. The van der Waals surface area contributed by atoms with Gasteiger partial charge in [-0.1, -0.05) is 30.3 Å². The van der Waals surface area contributed by atoms with Crippen LogP contribution in [-0.4, -0.2) is 60.4 Å². The minimum Gasteiger partial charge on any atom is -0.355 e. The van der Waals surface area contributed by atoms with E-state index in [9.17, 15) is 9.59 Å². The van der Waals surface area contributed by atoms with Gasteiger partial charge in [0.1, 0.15) is 0 Å². The molecule has 7 heteroatoms. The Morgan fingerprint density at radius 3 is 2.57 bits per heavy atom.